The molecule has 0 spiro atoms. The normalized spacial score (nSPS) is 12.8. The quantitative estimate of drug-likeness (QED) is 0.491. The van der Waals surface area contributed by atoms with Crippen LogP contribution < -0.4 is 0 Å². The Hall–Kier alpha value is -2.80. The Bertz CT molecular complexity index is 1080. The first-order valence-electron chi connectivity index (χ1n) is 8.19. The van der Waals surface area contributed by atoms with E-state index in [0.717, 1.165) is 5.56 Å². The molecule has 134 valence electrons. The number of hydrogen-bond acceptors (Lipinski definition) is 5. The predicted octanol–water partition coefficient (Wildman–Crippen LogP) is 4.38. The van der Waals surface area contributed by atoms with Gasteiger partial charge >= 0.3 is 0 Å². The van der Waals surface area contributed by atoms with Gasteiger partial charge in [-0.25, -0.2) is 13.4 Å². The fourth-order valence-corrected chi connectivity index (χ4v) is 4.93. The van der Waals surface area contributed by atoms with Gasteiger partial charge in [-0.05, 0) is 37.1 Å². The third kappa shape index (κ3) is 3.06. The maximum absolute atomic E-state index is 13.2. The van der Waals surface area contributed by atoms with E-state index in [2.05, 4.69) is 4.98 Å². The fourth-order valence-electron chi connectivity index (χ4n) is 3.11. The Morgan fingerprint density at radius 2 is 1.81 bits per heavy atom. The number of non-ortho nitro benzene ring substituents is 1. The summed E-state index contributed by atoms with van der Waals surface area (Å²) in [6, 6.07) is 12.9. The minimum atomic E-state index is -3.64. The summed E-state index contributed by atoms with van der Waals surface area (Å²) >= 11 is 0. The maximum Gasteiger partial charge on any atom is 0.295 e. The number of nitrogens with zero attached hydrogens (tertiary/aromatic N) is 2. The average Bonchev–Trinajstić information content (AvgIpc) is 2.62. The van der Waals surface area contributed by atoms with Gasteiger partial charge in [-0.15, -0.1) is 0 Å². The SMILES string of the molecule is CC[C@H](c1ccc([N+](=O)[O-])c2ncccc12)S(=O)(=O)c1ccc(C)cc1. The second kappa shape index (κ2) is 6.84. The lowest BCUT2D eigenvalue weighted by Gasteiger charge is -2.18. The highest BCUT2D eigenvalue weighted by molar-refractivity contribution is 7.91. The molecular weight excluding hydrogens is 352 g/mol. The van der Waals surface area contributed by atoms with E-state index in [1.807, 2.05) is 6.92 Å². The van der Waals surface area contributed by atoms with Crippen LogP contribution in [0.15, 0.2) is 59.6 Å². The first-order chi connectivity index (χ1) is 12.4. The summed E-state index contributed by atoms with van der Waals surface area (Å²) in [6.45, 7) is 3.68. The van der Waals surface area contributed by atoms with E-state index in [0.29, 0.717) is 17.4 Å². The van der Waals surface area contributed by atoms with Crippen LogP contribution in [0.3, 0.4) is 0 Å². The van der Waals surface area contributed by atoms with Crippen LogP contribution >= 0.6 is 0 Å². The third-order valence-corrected chi connectivity index (χ3v) is 6.69. The number of nitro benzene ring substituents is 1. The van der Waals surface area contributed by atoms with E-state index < -0.39 is 20.0 Å². The van der Waals surface area contributed by atoms with E-state index in [4.69, 9.17) is 0 Å². The van der Waals surface area contributed by atoms with Crippen LogP contribution in [-0.4, -0.2) is 18.3 Å². The van der Waals surface area contributed by atoms with Gasteiger partial charge in [0.05, 0.1) is 15.1 Å². The van der Waals surface area contributed by atoms with Gasteiger partial charge in [0.1, 0.15) is 5.52 Å². The summed E-state index contributed by atoms with van der Waals surface area (Å²) < 4.78 is 26.4. The van der Waals surface area contributed by atoms with Gasteiger partial charge in [-0.2, -0.15) is 0 Å². The van der Waals surface area contributed by atoms with Crippen molar-refractivity contribution in [2.75, 3.05) is 0 Å². The first-order valence-corrected chi connectivity index (χ1v) is 9.73. The van der Waals surface area contributed by atoms with Crippen molar-refractivity contribution in [3.05, 3.63) is 76.0 Å². The lowest BCUT2D eigenvalue weighted by atomic mass is 10.0. The Labute approximate surface area is 151 Å². The zero-order valence-electron chi connectivity index (χ0n) is 14.4. The number of aromatic nitrogens is 1. The van der Waals surface area contributed by atoms with Crippen molar-refractivity contribution in [3.8, 4) is 0 Å². The summed E-state index contributed by atoms with van der Waals surface area (Å²) in [5.41, 5.74) is 1.57. The Kier molecular flexibility index (Phi) is 4.73. The predicted molar refractivity (Wildman–Crippen MR) is 99.8 cm³/mol. The number of nitro groups is 1. The van der Waals surface area contributed by atoms with Gasteiger partial charge in [0.25, 0.3) is 5.69 Å². The molecule has 6 nitrogen and oxygen atoms in total. The van der Waals surface area contributed by atoms with Crippen molar-refractivity contribution >= 4 is 26.4 Å². The molecule has 0 aliphatic carbocycles. The van der Waals surface area contributed by atoms with Crippen LogP contribution in [0.2, 0.25) is 0 Å². The van der Waals surface area contributed by atoms with Crippen LogP contribution in [0.4, 0.5) is 5.69 Å². The van der Waals surface area contributed by atoms with Crippen molar-refractivity contribution in [1.29, 1.82) is 0 Å². The van der Waals surface area contributed by atoms with Crippen molar-refractivity contribution in [2.45, 2.75) is 30.4 Å². The average molecular weight is 370 g/mol. The maximum atomic E-state index is 13.2. The van der Waals surface area contributed by atoms with Gasteiger partial charge in [0.15, 0.2) is 9.84 Å². The number of hydrogen-bond donors (Lipinski definition) is 0. The van der Waals surface area contributed by atoms with E-state index in [-0.39, 0.29) is 16.1 Å². The second-order valence-electron chi connectivity index (χ2n) is 6.09. The highest BCUT2D eigenvalue weighted by Crippen LogP contribution is 2.37. The van der Waals surface area contributed by atoms with Crippen LogP contribution in [-0.2, 0) is 9.84 Å². The number of fused-ring (bicyclic) bond motifs is 1. The van der Waals surface area contributed by atoms with Crippen LogP contribution in [0.1, 0.15) is 29.7 Å². The van der Waals surface area contributed by atoms with E-state index >= 15 is 0 Å². The minimum Gasteiger partial charge on any atom is -0.258 e. The molecule has 0 aliphatic rings. The van der Waals surface area contributed by atoms with Gasteiger partial charge in [-0.3, -0.25) is 10.1 Å². The van der Waals surface area contributed by atoms with Gasteiger partial charge in [0, 0.05) is 17.6 Å². The smallest absolute Gasteiger partial charge is 0.258 e. The van der Waals surface area contributed by atoms with Crippen molar-refractivity contribution in [2.24, 2.45) is 0 Å². The number of sulfone groups is 1. The third-order valence-electron chi connectivity index (χ3n) is 4.42. The lowest BCUT2D eigenvalue weighted by Crippen LogP contribution is -2.14. The Morgan fingerprint density at radius 1 is 1.12 bits per heavy atom. The molecule has 3 aromatic rings. The Morgan fingerprint density at radius 3 is 2.42 bits per heavy atom. The molecule has 0 amide bonds. The van der Waals surface area contributed by atoms with E-state index in [1.54, 1.807) is 43.3 Å². The largest absolute Gasteiger partial charge is 0.295 e. The molecule has 0 radical (unpaired) electrons. The van der Waals surface area contributed by atoms with Crippen LogP contribution in [0.5, 0.6) is 0 Å². The highest BCUT2D eigenvalue weighted by atomic mass is 32.2. The van der Waals surface area contributed by atoms with Gasteiger partial charge < -0.3 is 0 Å². The molecule has 0 saturated heterocycles. The molecule has 0 aliphatic heterocycles. The van der Waals surface area contributed by atoms with Crippen molar-refractivity contribution < 1.29 is 13.3 Å². The summed E-state index contributed by atoms with van der Waals surface area (Å²) in [4.78, 5) is 15.1. The molecule has 0 unspecified atom stereocenters. The Balaban J connectivity index is 2.22. The molecule has 1 aromatic heterocycles. The fraction of sp³-hybridized carbons (Fsp3) is 0.211. The van der Waals surface area contributed by atoms with Crippen LogP contribution in [0, 0.1) is 17.0 Å². The molecule has 0 N–H and O–H groups in total. The number of aryl methyl sites for hydroxylation is 1. The number of pyridine rings is 1. The zero-order valence-corrected chi connectivity index (χ0v) is 15.2. The molecule has 0 bridgehead atoms. The lowest BCUT2D eigenvalue weighted by molar-refractivity contribution is -0.383. The molecule has 0 fully saturated rings. The van der Waals surface area contributed by atoms with E-state index in [1.165, 1.54) is 18.3 Å². The van der Waals surface area contributed by atoms with E-state index in [9.17, 15) is 18.5 Å². The van der Waals surface area contributed by atoms with Gasteiger partial charge in [0.2, 0.25) is 0 Å². The molecule has 1 atom stereocenters. The molecule has 2 aromatic carbocycles. The van der Waals surface area contributed by atoms with Gasteiger partial charge in [-0.1, -0.05) is 36.8 Å². The molecular formula is C19H18N2O4S. The van der Waals surface area contributed by atoms with Crippen molar-refractivity contribution in [3.63, 3.8) is 0 Å². The molecule has 3 rings (SSSR count). The summed E-state index contributed by atoms with van der Waals surface area (Å²) in [7, 11) is -3.64. The summed E-state index contributed by atoms with van der Waals surface area (Å²) in [6.07, 6.45) is 1.81. The molecule has 0 saturated carbocycles. The molecule has 1 heterocycles. The van der Waals surface area contributed by atoms with Crippen LogP contribution in [0.25, 0.3) is 10.9 Å². The minimum absolute atomic E-state index is 0.132. The monoisotopic (exact) mass is 370 g/mol. The summed E-state index contributed by atoms with van der Waals surface area (Å²) in [5, 5.41) is 10.9. The zero-order chi connectivity index (χ0) is 18.9. The number of benzene rings is 2. The first kappa shape index (κ1) is 18.0. The van der Waals surface area contributed by atoms with Crippen molar-refractivity contribution in [1.82, 2.24) is 4.98 Å². The number of rotatable bonds is 5. The molecule has 26 heavy (non-hydrogen) atoms. The standard InChI is InChI=1S/C19H18N2O4S/c1-3-18(26(24,25)14-8-6-13(2)7-9-14)15-10-11-17(21(22)23)19-16(15)5-4-12-20-19/h4-12,18H,3H2,1-2H3/t18-/m1/s1. The highest BCUT2D eigenvalue weighted by Gasteiger charge is 2.30. The second-order valence-corrected chi connectivity index (χ2v) is 8.22. The topological polar surface area (TPSA) is 90.2 Å². The summed E-state index contributed by atoms with van der Waals surface area (Å²) in [5.74, 6) is 0. The molecule has 7 heteroatoms.